The summed E-state index contributed by atoms with van der Waals surface area (Å²) in [4.78, 5) is 2.67. The first-order chi connectivity index (χ1) is 6.09. The van der Waals surface area contributed by atoms with E-state index < -0.39 is 0 Å². The smallest absolute Gasteiger partial charge is 0.0636 e. The van der Waals surface area contributed by atoms with Crippen LogP contribution >= 0.6 is 11.3 Å². The number of hydrogen-bond acceptors (Lipinski definition) is 3. The highest BCUT2D eigenvalue weighted by molar-refractivity contribution is 7.12. The molecule has 0 fully saturated rings. The van der Waals surface area contributed by atoms with Gasteiger partial charge in [0.1, 0.15) is 0 Å². The Kier molecular flexibility index (Phi) is 3.90. The van der Waals surface area contributed by atoms with E-state index in [0.29, 0.717) is 12.6 Å². The van der Waals surface area contributed by atoms with Gasteiger partial charge in [-0.3, -0.25) is 0 Å². The first-order valence-electron chi connectivity index (χ1n) is 4.57. The summed E-state index contributed by atoms with van der Waals surface area (Å²) in [7, 11) is 0. The topological polar surface area (TPSA) is 32.3 Å². The van der Waals surface area contributed by atoms with Crippen LogP contribution in [-0.4, -0.2) is 17.8 Å². The lowest BCUT2D eigenvalue weighted by Crippen LogP contribution is -2.26. The minimum Gasteiger partial charge on any atom is -0.392 e. The van der Waals surface area contributed by atoms with Crippen LogP contribution in [0.15, 0.2) is 12.1 Å². The molecule has 2 atom stereocenters. The lowest BCUT2D eigenvalue weighted by molar-refractivity contribution is 0.187. The predicted octanol–water partition coefficient (Wildman–Crippen LogP) is 2.09. The van der Waals surface area contributed by atoms with Crippen LogP contribution in [0.4, 0.5) is 0 Å². The molecule has 13 heavy (non-hydrogen) atoms. The SMILES string of the molecule is Cc1ccc([C@@H](C)NC[C@H](C)O)s1. The van der Waals surface area contributed by atoms with Gasteiger partial charge in [0.2, 0.25) is 0 Å². The number of aliphatic hydroxyl groups is 1. The molecule has 1 rings (SSSR count). The van der Waals surface area contributed by atoms with Gasteiger partial charge < -0.3 is 10.4 Å². The summed E-state index contributed by atoms with van der Waals surface area (Å²) in [6, 6.07) is 4.61. The van der Waals surface area contributed by atoms with E-state index in [-0.39, 0.29) is 6.10 Å². The van der Waals surface area contributed by atoms with Gasteiger partial charge in [-0.25, -0.2) is 0 Å². The second-order valence-electron chi connectivity index (χ2n) is 3.43. The number of aliphatic hydroxyl groups excluding tert-OH is 1. The van der Waals surface area contributed by atoms with E-state index in [1.54, 1.807) is 18.3 Å². The lowest BCUT2D eigenvalue weighted by Gasteiger charge is -2.13. The molecule has 0 aliphatic rings. The molecule has 2 N–H and O–H groups in total. The van der Waals surface area contributed by atoms with Crippen LogP contribution in [0, 0.1) is 6.92 Å². The van der Waals surface area contributed by atoms with Crippen LogP contribution in [0.1, 0.15) is 29.6 Å². The van der Waals surface area contributed by atoms with E-state index in [9.17, 15) is 0 Å². The first-order valence-corrected chi connectivity index (χ1v) is 5.39. The molecule has 0 aliphatic heterocycles. The lowest BCUT2D eigenvalue weighted by atomic mass is 10.2. The molecule has 0 spiro atoms. The highest BCUT2D eigenvalue weighted by atomic mass is 32.1. The summed E-state index contributed by atoms with van der Waals surface area (Å²) in [6.07, 6.45) is -0.275. The average molecular weight is 199 g/mol. The van der Waals surface area contributed by atoms with Crippen molar-refractivity contribution in [3.63, 3.8) is 0 Å². The van der Waals surface area contributed by atoms with Crippen LogP contribution < -0.4 is 5.32 Å². The van der Waals surface area contributed by atoms with Gasteiger partial charge in [0.05, 0.1) is 6.10 Å². The second kappa shape index (κ2) is 4.74. The second-order valence-corrected chi connectivity index (χ2v) is 4.75. The monoisotopic (exact) mass is 199 g/mol. The molecule has 1 heterocycles. The summed E-state index contributed by atoms with van der Waals surface area (Å²) < 4.78 is 0. The van der Waals surface area contributed by atoms with Crippen molar-refractivity contribution in [1.82, 2.24) is 5.32 Å². The van der Waals surface area contributed by atoms with Crippen molar-refractivity contribution < 1.29 is 5.11 Å². The molecule has 2 nitrogen and oxygen atoms in total. The zero-order valence-electron chi connectivity index (χ0n) is 8.37. The Balaban J connectivity index is 2.44. The normalized spacial score (nSPS) is 15.7. The molecule has 0 saturated carbocycles. The molecule has 0 radical (unpaired) electrons. The number of hydrogen-bond donors (Lipinski definition) is 2. The fraction of sp³-hybridized carbons (Fsp3) is 0.600. The van der Waals surface area contributed by atoms with E-state index in [0.717, 1.165) is 0 Å². The Bertz CT molecular complexity index is 257. The summed E-state index contributed by atoms with van der Waals surface area (Å²) in [5, 5.41) is 12.4. The van der Waals surface area contributed by atoms with Crippen molar-refractivity contribution in [1.29, 1.82) is 0 Å². The van der Waals surface area contributed by atoms with Crippen molar-refractivity contribution in [3.8, 4) is 0 Å². The van der Waals surface area contributed by atoms with E-state index >= 15 is 0 Å². The van der Waals surface area contributed by atoms with Crippen molar-refractivity contribution in [2.45, 2.75) is 32.9 Å². The number of rotatable bonds is 4. The number of aryl methyl sites for hydroxylation is 1. The molecular weight excluding hydrogens is 182 g/mol. The van der Waals surface area contributed by atoms with Crippen molar-refractivity contribution in [2.24, 2.45) is 0 Å². The maximum atomic E-state index is 9.09. The minimum absolute atomic E-state index is 0.275. The van der Waals surface area contributed by atoms with Crippen molar-refractivity contribution >= 4 is 11.3 Å². The maximum Gasteiger partial charge on any atom is 0.0636 e. The Labute approximate surface area is 83.6 Å². The van der Waals surface area contributed by atoms with Crippen molar-refractivity contribution in [3.05, 3.63) is 21.9 Å². The van der Waals surface area contributed by atoms with Gasteiger partial charge in [0, 0.05) is 22.3 Å². The van der Waals surface area contributed by atoms with Gasteiger partial charge in [-0.2, -0.15) is 0 Å². The van der Waals surface area contributed by atoms with E-state index in [2.05, 4.69) is 31.3 Å². The van der Waals surface area contributed by atoms with Gasteiger partial charge >= 0.3 is 0 Å². The van der Waals surface area contributed by atoms with Crippen LogP contribution in [0.2, 0.25) is 0 Å². The van der Waals surface area contributed by atoms with E-state index in [4.69, 9.17) is 5.11 Å². The molecular formula is C10H17NOS. The molecule has 3 heteroatoms. The highest BCUT2D eigenvalue weighted by Crippen LogP contribution is 2.21. The predicted molar refractivity (Wildman–Crippen MR) is 57.2 cm³/mol. The van der Waals surface area contributed by atoms with Crippen molar-refractivity contribution in [2.75, 3.05) is 6.54 Å². The van der Waals surface area contributed by atoms with Crippen LogP contribution in [0.5, 0.6) is 0 Å². The maximum absolute atomic E-state index is 9.09. The zero-order valence-corrected chi connectivity index (χ0v) is 9.19. The third kappa shape index (κ3) is 3.46. The molecule has 74 valence electrons. The van der Waals surface area contributed by atoms with Crippen LogP contribution in [-0.2, 0) is 0 Å². The Hall–Kier alpha value is -0.380. The number of thiophene rings is 1. The summed E-state index contributed by atoms with van der Waals surface area (Å²) >= 11 is 1.80. The van der Waals surface area contributed by atoms with E-state index in [1.165, 1.54) is 9.75 Å². The molecule has 0 saturated heterocycles. The van der Waals surface area contributed by atoms with Crippen LogP contribution in [0.25, 0.3) is 0 Å². The fourth-order valence-electron chi connectivity index (χ4n) is 1.13. The van der Waals surface area contributed by atoms with Crippen LogP contribution in [0.3, 0.4) is 0 Å². The molecule has 0 bridgehead atoms. The molecule has 0 unspecified atom stereocenters. The van der Waals surface area contributed by atoms with E-state index in [1.807, 2.05) is 0 Å². The Morgan fingerprint density at radius 1 is 1.46 bits per heavy atom. The average Bonchev–Trinajstić information content (AvgIpc) is 2.47. The number of nitrogens with one attached hydrogen (secondary N) is 1. The summed E-state index contributed by atoms with van der Waals surface area (Å²) in [5.74, 6) is 0. The quantitative estimate of drug-likeness (QED) is 0.778. The fourth-order valence-corrected chi connectivity index (χ4v) is 2.04. The molecule has 1 aromatic rings. The summed E-state index contributed by atoms with van der Waals surface area (Å²) in [6.45, 7) is 6.67. The Morgan fingerprint density at radius 2 is 2.15 bits per heavy atom. The third-order valence-corrected chi connectivity index (χ3v) is 3.09. The first kappa shape index (κ1) is 10.7. The van der Waals surface area contributed by atoms with Gasteiger partial charge in [-0.1, -0.05) is 0 Å². The highest BCUT2D eigenvalue weighted by Gasteiger charge is 2.07. The van der Waals surface area contributed by atoms with Gasteiger partial charge in [-0.15, -0.1) is 11.3 Å². The zero-order chi connectivity index (χ0) is 9.84. The van der Waals surface area contributed by atoms with Gasteiger partial charge in [0.15, 0.2) is 0 Å². The molecule has 0 amide bonds. The molecule has 0 aromatic carbocycles. The van der Waals surface area contributed by atoms with Gasteiger partial charge in [-0.05, 0) is 32.9 Å². The third-order valence-electron chi connectivity index (χ3n) is 1.91. The Morgan fingerprint density at radius 3 is 2.62 bits per heavy atom. The molecule has 0 aliphatic carbocycles. The summed E-state index contributed by atoms with van der Waals surface area (Å²) in [5.41, 5.74) is 0. The minimum atomic E-state index is -0.275. The standard InChI is InChI=1S/C10H17NOS/c1-7(12)6-11-9(3)10-5-4-8(2)13-10/h4-5,7,9,11-12H,6H2,1-3H3/t7-,9+/m0/s1. The largest absolute Gasteiger partial charge is 0.392 e. The molecule has 1 aromatic heterocycles. The van der Waals surface area contributed by atoms with Gasteiger partial charge in [0.25, 0.3) is 0 Å².